The van der Waals surface area contributed by atoms with Crippen molar-refractivity contribution in [3.8, 4) is 0 Å². The minimum Gasteiger partial charge on any atom is -0.340 e. The number of Topliss-reactive ketones (excluding diaryl/α,β-unsaturated/α-hetero) is 1. The van der Waals surface area contributed by atoms with Crippen molar-refractivity contribution in [2.45, 2.75) is 13.8 Å². The largest absolute Gasteiger partial charge is 0.340 e. The van der Waals surface area contributed by atoms with Crippen molar-refractivity contribution in [2.75, 3.05) is 5.32 Å². The summed E-state index contributed by atoms with van der Waals surface area (Å²) in [7, 11) is 0. The number of aromatic nitrogens is 2. The first-order valence-electron chi connectivity index (χ1n) is 6.34. The van der Waals surface area contributed by atoms with Crippen molar-refractivity contribution in [3.05, 3.63) is 46.1 Å². The molecule has 3 aromatic rings. The van der Waals surface area contributed by atoms with Gasteiger partial charge in [-0.3, -0.25) is 4.79 Å². The fraction of sp³-hybridized carbons (Fsp3) is 0.133. The van der Waals surface area contributed by atoms with Gasteiger partial charge in [-0.1, -0.05) is 12.1 Å². The van der Waals surface area contributed by atoms with Crippen molar-refractivity contribution in [2.24, 2.45) is 0 Å². The van der Waals surface area contributed by atoms with Crippen LogP contribution in [0.3, 0.4) is 0 Å². The van der Waals surface area contributed by atoms with Crippen LogP contribution in [0.15, 0.2) is 30.3 Å². The van der Waals surface area contributed by atoms with E-state index in [1.165, 1.54) is 0 Å². The van der Waals surface area contributed by atoms with Gasteiger partial charge in [0.15, 0.2) is 5.78 Å². The minimum absolute atomic E-state index is 0.0240. The summed E-state index contributed by atoms with van der Waals surface area (Å²) in [6.45, 7) is 3.56. The second-order valence-electron chi connectivity index (χ2n) is 4.68. The number of ketones is 1. The molecule has 0 aliphatic rings. The number of fused-ring (bicyclic) bond motifs is 1. The molecule has 2 heterocycles. The SMILES string of the molecule is CC(=O)c1cccc(Nc2nc(Cl)nc3sc(C)cc23)c1. The molecule has 0 spiro atoms. The van der Waals surface area contributed by atoms with E-state index in [2.05, 4.69) is 15.3 Å². The molecule has 0 atom stereocenters. The molecule has 1 aromatic carbocycles. The Morgan fingerprint density at radius 3 is 2.86 bits per heavy atom. The number of carbonyl (C=O) groups excluding carboxylic acids is 1. The van der Waals surface area contributed by atoms with Gasteiger partial charge in [0.1, 0.15) is 10.6 Å². The van der Waals surface area contributed by atoms with Gasteiger partial charge in [-0.2, -0.15) is 4.98 Å². The maximum absolute atomic E-state index is 11.4. The molecule has 0 fully saturated rings. The number of aryl methyl sites for hydroxylation is 1. The number of nitrogens with one attached hydrogen (secondary N) is 1. The van der Waals surface area contributed by atoms with Crippen LogP contribution in [0.5, 0.6) is 0 Å². The average molecular weight is 318 g/mol. The highest BCUT2D eigenvalue weighted by atomic mass is 35.5. The standard InChI is InChI=1S/C15H12ClN3OS/c1-8-6-12-13(18-15(16)19-14(12)21-8)17-11-5-3-4-10(7-11)9(2)20/h3-7H,1-2H3,(H,17,18,19). The fourth-order valence-electron chi connectivity index (χ4n) is 2.06. The van der Waals surface area contributed by atoms with E-state index in [-0.39, 0.29) is 11.1 Å². The van der Waals surface area contributed by atoms with E-state index >= 15 is 0 Å². The molecule has 106 valence electrons. The predicted molar refractivity (Wildman–Crippen MR) is 86.9 cm³/mol. The number of anilines is 2. The summed E-state index contributed by atoms with van der Waals surface area (Å²) in [6.07, 6.45) is 0. The predicted octanol–water partition coefficient (Wildman–Crippen LogP) is 4.60. The van der Waals surface area contributed by atoms with Crippen molar-refractivity contribution in [1.29, 1.82) is 0 Å². The quantitative estimate of drug-likeness (QED) is 0.566. The molecule has 21 heavy (non-hydrogen) atoms. The Bertz CT molecular complexity index is 844. The van der Waals surface area contributed by atoms with Gasteiger partial charge in [0.05, 0.1) is 5.39 Å². The molecule has 6 heteroatoms. The van der Waals surface area contributed by atoms with Crippen LogP contribution in [-0.2, 0) is 0 Å². The minimum atomic E-state index is 0.0240. The van der Waals surface area contributed by atoms with Crippen molar-refractivity contribution < 1.29 is 4.79 Å². The number of hydrogen-bond acceptors (Lipinski definition) is 5. The number of hydrogen-bond donors (Lipinski definition) is 1. The average Bonchev–Trinajstić information content (AvgIpc) is 2.79. The molecule has 3 rings (SSSR count). The lowest BCUT2D eigenvalue weighted by Crippen LogP contribution is -1.98. The topological polar surface area (TPSA) is 54.9 Å². The Balaban J connectivity index is 2.05. The lowest BCUT2D eigenvalue weighted by atomic mass is 10.1. The van der Waals surface area contributed by atoms with Gasteiger partial charge < -0.3 is 5.32 Å². The molecule has 0 bridgehead atoms. The van der Waals surface area contributed by atoms with E-state index in [1.807, 2.05) is 25.1 Å². The molecular weight excluding hydrogens is 306 g/mol. The zero-order valence-corrected chi connectivity index (χ0v) is 13.0. The second kappa shape index (κ2) is 5.42. The zero-order chi connectivity index (χ0) is 15.0. The summed E-state index contributed by atoms with van der Waals surface area (Å²) in [5.41, 5.74) is 1.44. The van der Waals surface area contributed by atoms with E-state index in [0.717, 1.165) is 20.8 Å². The van der Waals surface area contributed by atoms with Crippen LogP contribution in [0.2, 0.25) is 5.28 Å². The normalized spacial score (nSPS) is 10.8. The Morgan fingerprint density at radius 2 is 2.10 bits per heavy atom. The van der Waals surface area contributed by atoms with Gasteiger partial charge in [-0.15, -0.1) is 11.3 Å². The van der Waals surface area contributed by atoms with Crippen LogP contribution in [0, 0.1) is 6.92 Å². The highest BCUT2D eigenvalue weighted by Gasteiger charge is 2.10. The number of nitrogens with zero attached hydrogens (tertiary/aromatic N) is 2. The van der Waals surface area contributed by atoms with Gasteiger partial charge in [0, 0.05) is 16.1 Å². The Morgan fingerprint density at radius 1 is 1.29 bits per heavy atom. The van der Waals surface area contributed by atoms with Crippen LogP contribution in [-0.4, -0.2) is 15.8 Å². The first kappa shape index (κ1) is 14.0. The summed E-state index contributed by atoms with van der Waals surface area (Å²) >= 11 is 7.54. The van der Waals surface area contributed by atoms with Gasteiger partial charge >= 0.3 is 0 Å². The molecule has 0 aliphatic carbocycles. The molecule has 0 radical (unpaired) electrons. The summed E-state index contributed by atoms with van der Waals surface area (Å²) < 4.78 is 0. The van der Waals surface area contributed by atoms with E-state index < -0.39 is 0 Å². The summed E-state index contributed by atoms with van der Waals surface area (Å²) in [5.74, 6) is 0.672. The summed E-state index contributed by atoms with van der Waals surface area (Å²) in [4.78, 5) is 21.9. The molecular formula is C15H12ClN3OS. The molecule has 0 saturated heterocycles. The van der Waals surface area contributed by atoms with Crippen LogP contribution < -0.4 is 5.32 Å². The molecule has 2 aromatic heterocycles. The highest BCUT2D eigenvalue weighted by molar-refractivity contribution is 7.18. The maximum Gasteiger partial charge on any atom is 0.225 e. The number of rotatable bonds is 3. The smallest absolute Gasteiger partial charge is 0.225 e. The van der Waals surface area contributed by atoms with E-state index in [9.17, 15) is 4.79 Å². The van der Waals surface area contributed by atoms with E-state index in [4.69, 9.17) is 11.6 Å². The fourth-order valence-corrected chi connectivity index (χ4v) is 3.16. The van der Waals surface area contributed by atoms with Gasteiger partial charge in [0.2, 0.25) is 5.28 Å². The second-order valence-corrected chi connectivity index (χ2v) is 6.25. The summed E-state index contributed by atoms with van der Waals surface area (Å²) in [5, 5.41) is 4.34. The van der Waals surface area contributed by atoms with E-state index in [1.54, 1.807) is 30.4 Å². The first-order chi connectivity index (χ1) is 10.0. The Hall–Kier alpha value is -1.98. The third-order valence-electron chi connectivity index (χ3n) is 3.02. The van der Waals surface area contributed by atoms with Crippen molar-refractivity contribution in [3.63, 3.8) is 0 Å². The molecule has 0 unspecified atom stereocenters. The molecule has 0 saturated carbocycles. The molecule has 0 aliphatic heterocycles. The van der Waals surface area contributed by atoms with Crippen LogP contribution in [0.25, 0.3) is 10.2 Å². The van der Waals surface area contributed by atoms with Crippen LogP contribution in [0.1, 0.15) is 22.2 Å². The number of carbonyl (C=O) groups is 1. The summed E-state index contributed by atoms with van der Waals surface area (Å²) in [6, 6.07) is 9.31. The number of halogens is 1. The zero-order valence-electron chi connectivity index (χ0n) is 11.5. The van der Waals surface area contributed by atoms with Crippen molar-refractivity contribution >= 4 is 50.4 Å². The lowest BCUT2D eigenvalue weighted by molar-refractivity contribution is 0.101. The third kappa shape index (κ3) is 2.89. The molecule has 1 N–H and O–H groups in total. The molecule has 4 nitrogen and oxygen atoms in total. The highest BCUT2D eigenvalue weighted by Crippen LogP contribution is 2.31. The third-order valence-corrected chi connectivity index (χ3v) is 4.13. The number of thiophene rings is 1. The Kier molecular flexibility index (Phi) is 3.61. The van der Waals surface area contributed by atoms with Gasteiger partial charge in [-0.05, 0) is 43.6 Å². The van der Waals surface area contributed by atoms with Crippen LogP contribution >= 0.6 is 22.9 Å². The van der Waals surface area contributed by atoms with Crippen LogP contribution in [0.4, 0.5) is 11.5 Å². The van der Waals surface area contributed by atoms with E-state index in [0.29, 0.717) is 11.4 Å². The first-order valence-corrected chi connectivity index (χ1v) is 7.54. The Labute approximate surface area is 130 Å². The maximum atomic E-state index is 11.4. The molecule has 0 amide bonds. The lowest BCUT2D eigenvalue weighted by Gasteiger charge is -2.08. The number of benzene rings is 1. The van der Waals surface area contributed by atoms with Gasteiger partial charge in [0.25, 0.3) is 0 Å². The van der Waals surface area contributed by atoms with Gasteiger partial charge in [-0.25, -0.2) is 4.98 Å². The monoisotopic (exact) mass is 317 g/mol. The van der Waals surface area contributed by atoms with Crippen molar-refractivity contribution in [1.82, 2.24) is 9.97 Å².